The van der Waals surface area contributed by atoms with Crippen LogP contribution in [0.2, 0.25) is 0 Å². The Kier molecular flexibility index (Phi) is 7.09. The van der Waals surface area contributed by atoms with E-state index in [1.807, 2.05) is 11.3 Å². The predicted octanol–water partition coefficient (Wildman–Crippen LogP) is 10.2. The number of para-hydroxylation sites is 3. The van der Waals surface area contributed by atoms with E-state index in [9.17, 15) is 0 Å². The average molecular weight is 684 g/mol. The van der Waals surface area contributed by atoms with Crippen LogP contribution in [0, 0.1) is 0 Å². The lowest BCUT2D eigenvalue weighted by Crippen LogP contribution is -2.75. The molecule has 8 aromatic carbocycles. The van der Waals surface area contributed by atoms with Crippen LogP contribution in [0.3, 0.4) is 0 Å². The lowest BCUT2D eigenvalue weighted by atomic mass is 10.0. The Morgan fingerprint density at radius 2 is 0.922 bits per heavy atom. The third-order valence-corrected chi connectivity index (χ3v) is 16.5. The molecule has 0 fully saturated rings. The summed E-state index contributed by atoms with van der Waals surface area (Å²) in [7, 11) is -2.90. The molecule has 10 rings (SSSR count). The first-order valence-corrected chi connectivity index (χ1v) is 20.3. The van der Waals surface area contributed by atoms with E-state index in [-0.39, 0.29) is 0 Å². The van der Waals surface area contributed by atoms with Crippen LogP contribution in [0.25, 0.3) is 58.8 Å². The van der Waals surface area contributed by atoms with Crippen molar-refractivity contribution >= 4 is 82.1 Å². The Bertz CT molecular complexity index is 2800. The molecule has 0 saturated heterocycles. The Hall–Kier alpha value is -6.00. The van der Waals surface area contributed by atoms with E-state index in [4.69, 9.17) is 0 Å². The molecule has 2 heterocycles. The molecule has 0 radical (unpaired) electrons. The van der Waals surface area contributed by atoms with Gasteiger partial charge in [0.2, 0.25) is 0 Å². The summed E-state index contributed by atoms with van der Waals surface area (Å²) in [6.07, 6.45) is 0. The fraction of sp³-hybridized carbons (Fsp3) is 0. The summed E-state index contributed by atoms with van der Waals surface area (Å²) in [5.41, 5.74) is 6.16. The van der Waals surface area contributed by atoms with Crippen LogP contribution in [0.5, 0.6) is 0 Å². The van der Waals surface area contributed by atoms with Crippen molar-refractivity contribution in [1.29, 1.82) is 0 Å². The second kappa shape index (κ2) is 12.1. The molecule has 240 valence electrons. The highest BCUT2D eigenvalue weighted by molar-refractivity contribution is 7.25. The van der Waals surface area contributed by atoms with Gasteiger partial charge in [0.1, 0.15) is 0 Å². The minimum absolute atomic E-state index is 1.17. The van der Waals surface area contributed by atoms with Gasteiger partial charge in [0, 0.05) is 36.6 Å². The molecule has 0 aliphatic rings. The number of fused-ring (bicyclic) bond motifs is 6. The molecule has 0 unspecified atom stereocenters. The highest BCUT2D eigenvalue weighted by atomic mass is 32.1. The number of thiophene rings is 1. The number of hydrogen-bond donors (Lipinski definition) is 0. The smallest absolute Gasteiger partial charge is 0.181 e. The first-order valence-electron chi connectivity index (χ1n) is 17.5. The van der Waals surface area contributed by atoms with E-state index >= 15 is 0 Å². The van der Waals surface area contributed by atoms with Gasteiger partial charge in [-0.05, 0) is 62.2 Å². The summed E-state index contributed by atoms with van der Waals surface area (Å²) >= 11 is 1.88. The SMILES string of the molecule is c1ccc(-n2c3ccccc3c3cccc([Si](c4ccccc4)(c4ccccc4)c4ccc(-c5ccc6c(c5)sc5ccccc56)cc4)c32)cc1. The Morgan fingerprint density at radius 1 is 0.373 bits per heavy atom. The van der Waals surface area contributed by atoms with E-state index < -0.39 is 8.07 Å². The summed E-state index contributed by atoms with van der Waals surface area (Å²) in [5, 5.41) is 10.7. The zero-order valence-electron chi connectivity index (χ0n) is 27.9. The van der Waals surface area contributed by atoms with Crippen LogP contribution in [0.4, 0.5) is 0 Å². The van der Waals surface area contributed by atoms with Crippen molar-refractivity contribution < 1.29 is 0 Å². The molecule has 0 saturated carbocycles. The van der Waals surface area contributed by atoms with Crippen molar-refractivity contribution in [2.75, 3.05) is 0 Å². The number of aromatic nitrogens is 1. The zero-order valence-corrected chi connectivity index (χ0v) is 29.7. The van der Waals surface area contributed by atoms with E-state index in [1.54, 1.807) is 0 Å². The highest BCUT2D eigenvalue weighted by Gasteiger charge is 2.43. The number of nitrogens with zero attached hydrogens (tertiary/aromatic N) is 1. The monoisotopic (exact) mass is 683 g/mol. The third kappa shape index (κ3) is 4.66. The molecule has 0 amide bonds. The van der Waals surface area contributed by atoms with Gasteiger partial charge in [-0.25, -0.2) is 0 Å². The van der Waals surface area contributed by atoms with Crippen molar-refractivity contribution in [1.82, 2.24) is 4.57 Å². The first-order chi connectivity index (χ1) is 25.3. The molecule has 10 aromatic rings. The van der Waals surface area contributed by atoms with Gasteiger partial charge in [0.05, 0.1) is 11.0 Å². The highest BCUT2D eigenvalue weighted by Crippen LogP contribution is 2.36. The van der Waals surface area contributed by atoms with Gasteiger partial charge in [-0.15, -0.1) is 11.3 Å². The van der Waals surface area contributed by atoms with Crippen LogP contribution in [-0.4, -0.2) is 12.6 Å². The molecular formula is C48H33NSSi. The summed E-state index contributed by atoms with van der Waals surface area (Å²) in [4.78, 5) is 0. The first kappa shape index (κ1) is 29.9. The summed E-state index contributed by atoms with van der Waals surface area (Å²) in [6.45, 7) is 0. The fourth-order valence-electron chi connectivity index (χ4n) is 8.33. The molecule has 0 aliphatic heterocycles. The largest absolute Gasteiger partial charge is 0.309 e. The summed E-state index contributed by atoms with van der Waals surface area (Å²) in [5.74, 6) is 0. The van der Waals surface area contributed by atoms with Gasteiger partial charge in [-0.2, -0.15) is 0 Å². The third-order valence-electron chi connectivity index (χ3n) is 10.6. The van der Waals surface area contributed by atoms with Crippen LogP contribution in [-0.2, 0) is 0 Å². The maximum Gasteiger partial charge on any atom is 0.181 e. The number of hydrogen-bond acceptors (Lipinski definition) is 1. The van der Waals surface area contributed by atoms with Gasteiger partial charge in [-0.3, -0.25) is 0 Å². The predicted molar refractivity (Wildman–Crippen MR) is 223 cm³/mol. The average Bonchev–Trinajstić information content (AvgIpc) is 3.75. The van der Waals surface area contributed by atoms with Crippen LogP contribution in [0.1, 0.15) is 0 Å². The zero-order chi connectivity index (χ0) is 33.8. The quantitative estimate of drug-likeness (QED) is 0.121. The molecule has 51 heavy (non-hydrogen) atoms. The number of benzene rings is 8. The van der Waals surface area contributed by atoms with Gasteiger partial charge in [-0.1, -0.05) is 170 Å². The van der Waals surface area contributed by atoms with Crippen molar-refractivity contribution in [3.05, 3.63) is 200 Å². The molecule has 2 aromatic heterocycles. The van der Waals surface area contributed by atoms with Crippen LogP contribution < -0.4 is 20.7 Å². The summed E-state index contributed by atoms with van der Waals surface area (Å²) in [6, 6.07) is 74.5. The van der Waals surface area contributed by atoms with Gasteiger partial charge < -0.3 is 4.57 Å². The van der Waals surface area contributed by atoms with Gasteiger partial charge in [0.25, 0.3) is 0 Å². The number of rotatable bonds is 6. The fourth-order valence-corrected chi connectivity index (χ4v) is 14.4. The van der Waals surface area contributed by atoms with Crippen molar-refractivity contribution in [3.63, 3.8) is 0 Å². The second-order valence-electron chi connectivity index (χ2n) is 13.3. The molecular weight excluding hydrogens is 651 g/mol. The maximum absolute atomic E-state index is 2.90. The van der Waals surface area contributed by atoms with Crippen LogP contribution >= 0.6 is 11.3 Å². The molecule has 3 heteroatoms. The Balaban J connectivity index is 1.27. The summed E-state index contributed by atoms with van der Waals surface area (Å²) < 4.78 is 5.17. The maximum atomic E-state index is 2.50. The van der Waals surface area contributed by atoms with E-state index in [0.717, 1.165) is 0 Å². The normalized spacial score (nSPS) is 11.9. The van der Waals surface area contributed by atoms with E-state index in [2.05, 4.69) is 205 Å². The van der Waals surface area contributed by atoms with Crippen molar-refractivity contribution in [2.45, 2.75) is 0 Å². The van der Waals surface area contributed by atoms with E-state index in [1.165, 1.54) is 79.5 Å². The molecule has 1 nitrogen and oxygen atoms in total. The Labute approximate surface area is 302 Å². The lowest BCUT2D eigenvalue weighted by Gasteiger charge is -2.35. The second-order valence-corrected chi connectivity index (χ2v) is 18.1. The minimum Gasteiger partial charge on any atom is -0.309 e. The standard InChI is InChI=1S/C48H33NSSi/c1-4-15-36(16-5-1)49-44-24-12-10-21-40(44)43-23-14-26-47(48(43)49)51(37-17-6-2-7-18-37,38-19-8-3-9-20-38)39-30-27-34(28-31-39)35-29-32-42-41-22-11-13-25-45(41)50-46(42)33-35/h1-33H. The molecule has 0 atom stereocenters. The van der Waals surface area contributed by atoms with E-state index in [0.29, 0.717) is 0 Å². The van der Waals surface area contributed by atoms with Gasteiger partial charge >= 0.3 is 0 Å². The molecule has 0 spiro atoms. The molecule has 0 bridgehead atoms. The topological polar surface area (TPSA) is 4.93 Å². The minimum atomic E-state index is -2.90. The molecule has 0 N–H and O–H groups in total. The molecule has 0 aliphatic carbocycles. The Morgan fingerprint density at radius 3 is 1.65 bits per heavy atom. The van der Waals surface area contributed by atoms with Crippen molar-refractivity contribution in [2.24, 2.45) is 0 Å². The lowest BCUT2D eigenvalue weighted by molar-refractivity contribution is 1.18. The van der Waals surface area contributed by atoms with Gasteiger partial charge in [0.15, 0.2) is 8.07 Å². The van der Waals surface area contributed by atoms with Crippen LogP contribution in [0.15, 0.2) is 200 Å². The van der Waals surface area contributed by atoms with Crippen molar-refractivity contribution in [3.8, 4) is 16.8 Å².